The lowest BCUT2D eigenvalue weighted by molar-refractivity contribution is -0.0208. The van der Waals surface area contributed by atoms with Gasteiger partial charge in [0.25, 0.3) is 0 Å². The predicted molar refractivity (Wildman–Crippen MR) is 58.7 cm³/mol. The number of aliphatic hydroxyl groups is 1. The maximum absolute atomic E-state index is 13.4. The molecular formula is C10H12FN5O3. The highest BCUT2D eigenvalue weighted by Gasteiger charge is 2.28. The molecular weight excluding hydrogens is 257 g/mol. The van der Waals surface area contributed by atoms with Crippen molar-refractivity contribution in [2.75, 3.05) is 6.61 Å². The van der Waals surface area contributed by atoms with Gasteiger partial charge in [0.1, 0.15) is 6.23 Å². The van der Waals surface area contributed by atoms with E-state index in [1.54, 1.807) is 0 Å². The van der Waals surface area contributed by atoms with Crippen molar-refractivity contribution in [3.8, 4) is 0 Å². The second kappa shape index (κ2) is 4.28. The Morgan fingerprint density at radius 2 is 2.32 bits per heavy atom. The van der Waals surface area contributed by atoms with E-state index in [0.29, 0.717) is 12.8 Å². The highest BCUT2D eigenvalue weighted by Crippen LogP contribution is 2.29. The largest absolute Gasteiger partial charge is 0.423 e. The van der Waals surface area contributed by atoms with Crippen LogP contribution in [-0.4, -0.2) is 42.3 Å². The Morgan fingerprint density at radius 3 is 3.00 bits per heavy atom. The number of ether oxygens (including phenoxy) is 1. The number of halogens is 1. The molecule has 0 aromatic carbocycles. The summed E-state index contributed by atoms with van der Waals surface area (Å²) in [4.78, 5) is 7.51. The number of hydrogen-bond acceptors (Lipinski definition) is 6. The first-order chi connectivity index (χ1) is 9.11. The summed E-state index contributed by atoms with van der Waals surface area (Å²) in [5, 5.41) is 25.8. The van der Waals surface area contributed by atoms with E-state index in [-0.39, 0.29) is 28.6 Å². The molecule has 1 aliphatic rings. The van der Waals surface area contributed by atoms with Gasteiger partial charge >= 0.3 is 6.08 Å². The third kappa shape index (κ3) is 1.78. The first-order valence-corrected chi connectivity index (χ1v) is 5.77. The van der Waals surface area contributed by atoms with Crippen LogP contribution in [-0.2, 0) is 4.74 Å². The van der Waals surface area contributed by atoms with E-state index in [1.807, 2.05) is 0 Å². The van der Waals surface area contributed by atoms with Crippen LogP contribution in [0.3, 0.4) is 0 Å². The summed E-state index contributed by atoms with van der Waals surface area (Å²) in [5.41, 5.74) is -0.255. The lowest BCUT2D eigenvalue weighted by Gasteiger charge is -2.13. The summed E-state index contributed by atoms with van der Waals surface area (Å²) >= 11 is 0. The van der Waals surface area contributed by atoms with Crippen molar-refractivity contribution in [3.05, 3.63) is 17.9 Å². The summed E-state index contributed by atoms with van der Waals surface area (Å²) in [6, 6.07) is 0. The number of nitrogens with one attached hydrogen (secondary N) is 1. The van der Waals surface area contributed by atoms with Crippen LogP contribution in [0.5, 0.6) is 0 Å². The second-order valence-corrected chi connectivity index (χ2v) is 4.34. The Morgan fingerprint density at radius 1 is 1.53 bits per heavy atom. The zero-order chi connectivity index (χ0) is 13.6. The van der Waals surface area contributed by atoms with Crippen LogP contribution >= 0.6 is 0 Å². The lowest BCUT2D eigenvalue weighted by atomic mass is 10.2. The minimum atomic E-state index is -1.18. The van der Waals surface area contributed by atoms with Gasteiger partial charge in [-0.1, -0.05) is 0 Å². The molecule has 102 valence electrons. The van der Waals surface area contributed by atoms with E-state index in [2.05, 4.69) is 9.97 Å². The molecule has 2 aromatic heterocycles. The van der Waals surface area contributed by atoms with E-state index in [1.165, 1.54) is 10.9 Å². The molecule has 8 nitrogen and oxygen atoms in total. The monoisotopic (exact) mass is 269 g/mol. The van der Waals surface area contributed by atoms with Crippen LogP contribution < -0.4 is 5.49 Å². The molecule has 3 rings (SSSR count). The molecule has 9 heteroatoms. The van der Waals surface area contributed by atoms with Crippen LogP contribution in [0.15, 0.2) is 6.33 Å². The zero-order valence-corrected chi connectivity index (χ0v) is 9.82. The third-order valence-electron chi connectivity index (χ3n) is 3.18. The van der Waals surface area contributed by atoms with Crippen LogP contribution in [0, 0.1) is 11.5 Å². The van der Waals surface area contributed by atoms with Crippen molar-refractivity contribution in [2.24, 2.45) is 0 Å². The Kier molecular flexibility index (Phi) is 2.72. The van der Waals surface area contributed by atoms with Gasteiger partial charge in [0, 0.05) is 0 Å². The molecule has 0 radical (unpaired) electrons. The molecule has 0 bridgehead atoms. The second-order valence-electron chi connectivity index (χ2n) is 4.34. The van der Waals surface area contributed by atoms with Crippen molar-refractivity contribution in [1.82, 2.24) is 19.3 Å². The first kappa shape index (κ1) is 12.1. The molecule has 19 heavy (non-hydrogen) atoms. The van der Waals surface area contributed by atoms with E-state index in [4.69, 9.17) is 15.3 Å². The van der Waals surface area contributed by atoms with Crippen molar-refractivity contribution >= 4 is 11.2 Å². The fourth-order valence-corrected chi connectivity index (χ4v) is 2.20. The van der Waals surface area contributed by atoms with E-state index in [9.17, 15) is 9.60 Å². The summed E-state index contributed by atoms with van der Waals surface area (Å²) in [6.45, 7) is -0.0781. The number of fused-ring (bicyclic) bond motifs is 1. The maximum atomic E-state index is 13.4. The zero-order valence-electron chi connectivity index (χ0n) is 9.82. The molecule has 1 saturated heterocycles. The van der Waals surface area contributed by atoms with Gasteiger partial charge in [-0.25, -0.2) is 4.98 Å². The molecule has 1 fully saturated rings. The van der Waals surface area contributed by atoms with E-state index < -0.39 is 17.8 Å². The van der Waals surface area contributed by atoms with Crippen LogP contribution in [0.1, 0.15) is 19.1 Å². The molecule has 2 aromatic rings. The Hall–Kier alpha value is -2.00. The highest BCUT2D eigenvalue weighted by atomic mass is 19.1. The average molecular weight is 269 g/mol. The van der Waals surface area contributed by atoms with Crippen molar-refractivity contribution in [1.29, 1.82) is 5.41 Å². The summed E-state index contributed by atoms with van der Waals surface area (Å²) < 4.78 is 20.4. The van der Waals surface area contributed by atoms with Gasteiger partial charge in [0.2, 0.25) is 0 Å². The van der Waals surface area contributed by atoms with Gasteiger partial charge in [-0.15, -0.1) is 4.73 Å². The SMILES string of the molecule is N=c1c2ncn([C@H]3CC[C@@H](CO)O3)c2nc(F)n1O. The van der Waals surface area contributed by atoms with Crippen LogP contribution in [0.25, 0.3) is 11.2 Å². The molecule has 1 aliphatic heterocycles. The summed E-state index contributed by atoms with van der Waals surface area (Å²) in [5.74, 6) is 0. The number of aliphatic hydroxyl groups excluding tert-OH is 1. The van der Waals surface area contributed by atoms with Gasteiger partial charge in [-0.2, -0.15) is 9.37 Å². The van der Waals surface area contributed by atoms with Gasteiger partial charge in [-0.3, -0.25) is 9.98 Å². The third-order valence-corrected chi connectivity index (χ3v) is 3.18. The molecule has 2 atom stereocenters. The number of imidazole rings is 1. The lowest BCUT2D eigenvalue weighted by Crippen LogP contribution is -2.23. The summed E-state index contributed by atoms with van der Waals surface area (Å²) in [7, 11) is 0. The van der Waals surface area contributed by atoms with E-state index >= 15 is 0 Å². The molecule has 3 N–H and O–H groups in total. The van der Waals surface area contributed by atoms with Crippen molar-refractivity contribution in [2.45, 2.75) is 25.2 Å². The molecule has 0 spiro atoms. The van der Waals surface area contributed by atoms with Crippen LogP contribution in [0.2, 0.25) is 0 Å². The average Bonchev–Trinajstić information content (AvgIpc) is 3.01. The predicted octanol–water partition coefficient (Wildman–Crippen LogP) is -0.241. The molecule has 0 unspecified atom stereocenters. The Balaban J connectivity index is 2.09. The number of nitrogens with zero attached hydrogens (tertiary/aromatic N) is 4. The Bertz CT molecular complexity index is 682. The van der Waals surface area contributed by atoms with Gasteiger partial charge in [0.15, 0.2) is 16.7 Å². The molecule has 0 aliphatic carbocycles. The van der Waals surface area contributed by atoms with Crippen LogP contribution in [0.4, 0.5) is 4.39 Å². The fourth-order valence-electron chi connectivity index (χ4n) is 2.20. The van der Waals surface area contributed by atoms with Gasteiger partial charge < -0.3 is 15.1 Å². The minimum absolute atomic E-state index is 0.0334. The number of aromatic nitrogens is 4. The quantitative estimate of drug-likeness (QED) is 0.515. The van der Waals surface area contributed by atoms with Gasteiger partial charge in [-0.05, 0) is 12.8 Å². The normalized spacial score (nSPS) is 23.3. The summed E-state index contributed by atoms with van der Waals surface area (Å²) in [6.07, 6.45) is 0.873. The molecule has 0 amide bonds. The standard InChI is InChI=1S/C10H12FN5O3/c11-10-14-9-7(8(12)16(10)18)13-4-15(9)6-2-1-5(3-17)19-6/h4-6,12,17-18H,1-3H2/t5-,6+/m0/s1. The molecule has 3 heterocycles. The van der Waals surface area contributed by atoms with Crippen molar-refractivity contribution < 1.29 is 19.4 Å². The van der Waals surface area contributed by atoms with Crippen molar-refractivity contribution in [3.63, 3.8) is 0 Å². The minimum Gasteiger partial charge on any atom is -0.423 e. The first-order valence-electron chi connectivity index (χ1n) is 5.77. The fraction of sp³-hybridized carbons (Fsp3) is 0.500. The van der Waals surface area contributed by atoms with E-state index in [0.717, 1.165) is 0 Å². The number of hydrogen-bond donors (Lipinski definition) is 3. The smallest absolute Gasteiger partial charge is 0.326 e. The Labute approximate surface area is 106 Å². The molecule has 0 saturated carbocycles. The highest BCUT2D eigenvalue weighted by molar-refractivity contribution is 5.68. The van der Waals surface area contributed by atoms with Gasteiger partial charge in [0.05, 0.1) is 19.0 Å². The topological polar surface area (TPSA) is 109 Å². The number of rotatable bonds is 2. The maximum Gasteiger partial charge on any atom is 0.326 e.